The lowest BCUT2D eigenvalue weighted by Gasteiger charge is -2.07. The predicted octanol–water partition coefficient (Wildman–Crippen LogP) is 3.53. The van der Waals surface area contributed by atoms with Gasteiger partial charge < -0.3 is 15.4 Å². The van der Waals surface area contributed by atoms with E-state index in [0.29, 0.717) is 10.4 Å². The number of nitro groups is 1. The highest BCUT2D eigenvalue weighted by atomic mass is 32.1. The number of amides is 2. The molecule has 2 N–H and O–H groups in total. The fraction of sp³-hybridized carbons (Fsp3) is 0.316. The number of non-ortho nitro benzene ring substituents is 1. The van der Waals surface area contributed by atoms with Gasteiger partial charge in [0.15, 0.2) is 0 Å². The van der Waals surface area contributed by atoms with Crippen LogP contribution in [0.4, 0.5) is 10.7 Å². The third-order valence-electron chi connectivity index (χ3n) is 3.82. The minimum absolute atomic E-state index is 0.104. The molecule has 1 aromatic heterocycles. The second-order valence-electron chi connectivity index (χ2n) is 6.37. The summed E-state index contributed by atoms with van der Waals surface area (Å²) in [7, 11) is 0. The van der Waals surface area contributed by atoms with Gasteiger partial charge in [-0.25, -0.2) is 4.79 Å². The number of nitrogens with zero attached hydrogens (tertiary/aromatic N) is 1. The molecular formula is C19H21N3O6S. The lowest BCUT2D eigenvalue weighted by atomic mass is 10.1. The number of carbonyl (C=O) groups excluding carboxylic acids is 3. The highest BCUT2D eigenvalue weighted by molar-refractivity contribution is 7.18. The zero-order valence-corrected chi connectivity index (χ0v) is 17.2. The summed E-state index contributed by atoms with van der Waals surface area (Å²) in [5, 5.41) is 16.3. The summed E-state index contributed by atoms with van der Waals surface area (Å²) in [6.45, 7) is 7.02. The summed E-state index contributed by atoms with van der Waals surface area (Å²) >= 11 is 0.968. The van der Waals surface area contributed by atoms with Gasteiger partial charge in [0.2, 0.25) is 0 Å². The number of rotatable bonds is 7. The van der Waals surface area contributed by atoms with Gasteiger partial charge in [-0.05, 0) is 45.4 Å². The van der Waals surface area contributed by atoms with Gasteiger partial charge in [-0.3, -0.25) is 19.7 Å². The second kappa shape index (κ2) is 9.28. The van der Waals surface area contributed by atoms with Gasteiger partial charge in [-0.15, -0.1) is 11.3 Å². The maximum absolute atomic E-state index is 12.6. The van der Waals surface area contributed by atoms with Crippen molar-refractivity contribution in [3.05, 3.63) is 55.9 Å². The highest BCUT2D eigenvalue weighted by Crippen LogP contribution is 2.34. The number of nitro benzene ring substituents is 1. The Hall–Kier alpha value is -3.27. The Labute approximate surface area is 171 Å². The van der Waals surface area contributed by atoms with E-state index >= 15 is 0 Å². The first-order valence-corrected chi connectivity index (χ1v) is 9.64. The summed E-state index contributed by atoms with van der Waals surface area (Å²) < 4.78 is 5.06. The first-order chi connectivity index (χ1) is 13.6. The maximum Gasteiger partial charge on any atom is 0.341 e. The quantitative estimate of drug-likeness (QED) is 0.401. The van der Waals surface area contributed by atoms with E-state index in [9.17, 15) is 24.5 Å². The Morgan fingerprint density at radius 2 is 1.79 bits per heavy atom. The van der Waals surface area contributed by atoms with E-state index in [1.165, 1.54) is 24.3 Å². The van der Waals surface area contributed by atoms with Crippen molar-refractivity contribution in [2.45, 2.75) is 33.7 Å². The van der Waals surface area contributed by atoms with Gasteiger partial charge in [-0.1, -0.05) is 0 Å². The number of thiophene rings is 1. The smallest absolute Gasteiger partial charge is 0.341 e. The summed E-state index contributed by atoms with van der Waals surface area (Å²) in [4.78, 5) is 47.9. The average Bonchev–Trinajstić information content (AvgIpc) is 2.97. The Morgan fingerprint density at radius 3 is 2.31 bits per heavy atom. The van der Waals surface area contributed by atoms with E-state index < -0.39 is 16.8 Å². The van der Waals surface area contributed by atoms with E-state index in [0.717, 1.165) is 11.3 Å². The van der Waals surface area contributed by atoms with Crippen LogP contribution in [0, 0.1) is 17.0 Å². The van der Waals surface area contributed by atoms with Crippen LogP contribution in [0.15, 0.2) is 24.3 Å². The Bertz CT molecular complexity index is 950. The molecule has 0 atom stereocenters. The minimum Gasteiger partial charge on any atom is -0.462 e. The molecule has 1 heterocycles. The number of carbonyl (C=O) groups is 3. The van der Waals surface area contributed by atoms with Crippen molar-refractivity contribution in [1.29, 1.82) is 0 Å². The molecule has 10 heteroatoms. The molecule has 2 amide bonds. The molecule has 0 bridgehead atoms. The van der Waals surface area contributed by atoms with Crippen molar-refractivity contribution < 1.29 is 24.0 Å². The number of ether oxygens (including phenoxy) is 1. The van der Waals surface area contributed by atoms with E-state index in [4.69, 9.17) is 4.74 Å². The lowest BCUT2D eigenvalue weighted by molar-refractivity contribution is -0.384. The fourth-order valence-corrected chi connectivity index (χ4v) is 3.60. The molecule has 9 nitrogen and oxygen atoms in total. The van der Waals surface area contributed by atoms with Crippen molar-refractivity contribution in [2.75, 3.05) is 11.9 Å². The molecule has 0 aliphatic heterocycles. The Morgan fingerprint density at radius 1 is 1.17 bits per heavy atom. The van der Waals surface area contributed by atoms with Crippen molar-refractivity contribution in [3.63, 3.8) is 0 Å². The molecule has 0 saturated heterocycles. The summed E-state index contributed by atoms with van der Waals surface area (Å²) in [5.74, 6) is -1.57. The molecule has 0 unspecified atom stereocenters. The van der Waals surface area contributed by atoms with Crippen LogP contribution in [0.3, 0.4) is 0 Å². The summed E-state index contributed by atoms with van der Waals surface area (Å²) in [5.41, 5.74) is 0.546. The number of hydrogen-bond acceptors (Lipinski definition) is 7. The first-order valence-electron chi connectivity index (χ1n) is 8.82. The predicted molar refractivity (Wildman–Crippen MR) is 109 cm³/mol. The normalized spacial score (nSPS) is 10.5. The van der Waals surface area contributed by atoms with Crippen LogP contribution >= 0.6 is 11.3 Å². The number of nitrogens with one attached hydrogen (secondary N) is 2. The molecule has 0 aliphatic rings. The number of benzene rings is 1. The van der Waals surface area contributed by atoms with Crippen LogP contribution in [0.2, 0.25) is 0 Å². The highest BCUT2D eigenvalue weighted by Gasteiger charge is 2.27. The SMILES string of the molecule is CCOC(=O)c1c(NC(=O)c2ccc([N+](=O)[O-])cc2)sc(C(=O)NC(C)C)c1C. The third kappa shape index (κ3) is 5.17. The van der Waals surface area contributed by atoms with Gasteiger partial charge in [0.1, 0.15) is 5.00 Å². The van der Waals surface area contributed by atoms with Gasteiger partial charge in [0, 0.05) is 23.7 Å². The van der Waals surface area contributed by atoms with Crippen LogP contribution < -0.4 is 10.6 Å². The number of anilines is 1. The minimum atomic E-state index is -0.649. The second-order valence-corrected chi connectivity index (χ2v) is 7.39. The molecule has 0 aliphatic carbocycles. The van der Waals surface area contributed by atoms with Crippen LogP contribution in [0.25, 0.3) is 0 Å². The molecule has 2 rings (SSSR count). The molecule has 0 radical (unpaired) electrons. The molecule has 0 spiro atoms. The third-order valence-corrected chi connectivity index (χ3v) is 5.03. The Balaban J connectivity index is 2.38. The van der Waals surface area contributed by atoms with Gasteiger partial charge in [0.25, 0.3) is 17.5 Å². The monoisotopic (exact) mass is 419 g/mol. The molecular weight excluding hydrogens is 398 g/mol. The van der Waals surface area contributed by atoms with E-state index in [-0.39, 0.29) is 40.4 Å². The molecule has 29 heavy (non-hydrogen) atoms. The first kappa shape index (κ1) is 22.0. The largest absolute Gasteiger partial charge is 0.462 e. The maximum atomic E-state index is 12.6. The van der Waals surface area contributed by atoms with Gasteiger partial charge in [0.05, 0.1) is 22.0 Å². The zero-order valence-electron chi connectivity index (χ0n) is 16.4. The summed E-state index contributed by atoms with van der Waals surface area (Å²) in [6.07, 6.45) is 0. The van der Waals surface area contributed by atoms with Crippen LogP contribution in [-0.4, -0.2) is 35.4 Å². The fourth-order valence-electron chi connectivity index (χ4n) is 2.50. The summed E-state index contributed by atoms with van der Waals surface area (Å²) in [6, 6.07) is 4.94. The zero-order chi connectivity index (χ0) is 21.7. The average molecular weight is 419 g/mol. The number of esters is 1. The number of hydrogen-bond donors (Lipinski definition) is 2. The Kier molecular flexibility index (Phi) is 7.05. The van der Waals surface area contributed by atoms with Crippen molar-refractivity contribution in [1.82, 2.24) is 5.32 Å². The van der Waals surface area contributed by atoms with Crippen LogP contribution in [-0.2, 0) is 4.74 Å². The molecule has 154 valence electrons. The van der Waals surface area contributed by atoms with Crippen molar-refractivity contribution in [2.24, 2.45) is 0 Å². The van der Waals surface area contributed by atoms with Crippen molar-refractivity contribution >= 4 is 39.8 Å². The van der Waals surface area contributed by atoms with E-state index in [1.54, 1.807) is 13.8 Å². The molecule has 0 fully saturated rings. The van der Waals surface area contributed by atoms with Crippen LogP contribution in [0.1, 0.15) is 56.7 Å². The van der Waals surface area contributed by atoms with Crippen LogP contribution in [0.5, 0.6) is 0 Å². The van der Waals surface area contributed by atoms with E-state index in [1.807, 2.05) is 13.8 Å². The molecule has 0 saturated carbocycles. The van der Waals surface area contributed by atoms with Crippen molar-refractivity contribution in [3.8, 4) is 0 Å². The van der Waals surface area contributed by atoms with E-state index in [2.05, 4.69) is 10.6 Å². The standard InChI is InChI=1S/C19H21N3O6S/c1-5-28-19(25)14-11(4)15(17(24)20-10(2)3)29-18(14)21-16(23)12-6-8-13(9-7-12)22(26)27/h6-10H,5H2,1-4H3,(H,20,24)(H,21,23). The molecule has 1 aromatic carbocycles. The van der Waals surface area contributed by atoms with Gasteiger partial charge >= 0.3 is 5.97 Å². The van der Waals surface area contributed by atoms with Gasteiger partial charge in [-0.2, -0.15) is 0 Å². The molecule has 2 aromatic rings. The topological polar surface area (TPSA) is 128 Å². The lowest BCUT2D eigenvalue weighted by Crippen LogP contribution is -2.29.